The van der Waals surface area contributed by atoms with Gasteiger partial charge in [-0.1, -0.05) is 25.4 Å². The Labute approximate surface area is 140 Å². The molecule has 120 valence electrons. The SMILES string of the molecule is CCN(CC)CCOC(=O)C1=C(Cl)CSC2CC(=O)N12.Cl. The molecule has 21 heavy (non-hydrogen) atoms. The molecule has 2 aliphatic heterocycles. The summed E-state index contributed by atoms with van der Waals surface area (Å²) in [5.41, 5.74) is 0.242. The molecule has 0 N–H and O–H groups in total. The van der Waals surface area contributed by atoms with Gasteiger partial charge in [0.15, 0.2) is 0 Å². The third-order valence-corrected chi connectivity index (χ3v) is 5.22. The van der Waals surface area contributed by atoms with E-state index in [1.807, 2.05) is 0 Å². The summed E-state index contributed by atoms with van der Waals surface area (Å²) in [6.45, 7) is 6.96. The van der Waals surface area contributed by atoms with Gasteiger partial charge in [0.05, 0.1) is 16.8 Å². The lowest BCUT2D eigenvalue weighted by molar-refractivity contribution is -0.149. The number of rotatable bonds is 6. The number of thioether (sulfide) groups is 1. The molecular weight excluding hydrogens is 335 g/mol. The van der Waals surface area contributed by atoms with Crippen LogP contribution >= 0.6 is 35.8 Å². The molecule has 2 aliphatic rings. The van der Waals surface area contributed by atoms with E-state index in [1.54, 1.807) is 11.8 Å². The van der Waals surface area contributed by atoms with Crippen LogP contribution in [0.1, 0.15) is 20.3 Å². The highest BCUT2D eigenvalue weighted by atomic mass is 35.5. The zero-order chi connectivity index (χ0) is 14.7. The van der Waals surface area contributed by atoms with Crippen LogP contribution in [0.5, 0.6) is 0 Å². The van der Waals surface area contributed by atoms with Crippen LogP contribution in [0.25, 0.3) is 0 Å². The van der Waals surface area contributed by atoms with Crippen molar-refractivity contribution in [2.24, 2.45) is 0 Å². The lowest BCUT2D eigenvalue weighted by Gasteiger charge is -2.43. The first kappa shape index (κ1) is 18.6. The summed E-state index contributed by atoms with van der Waals surface area (Å²) < 4.78 is 5.26. The van der Waals surface area contributed by atoms with Crippen LogP contribution in [0.15, 0.2) is 10.7 Å². The fourth-order valence-electron chi connectivity index (χ4n) is 2.24. The lowest BCUT2D eigenvalue weighted by Crippen LogP contribution is -2.53. The van der Waals surface area contributed by atoms with Gasteiger partial charge < -0.3 is 9.64 Å². The van der Waals surface area contributed by atoms with Gasteiger partial charge in [-0.15, -0.1) is 24.2 Å². The quantitative estimate of drug-likeness (QED) is 0.539. The molecule has 1 fully saturated rings. The summed E-state index contributed by atoms with van der Waals surface area (Å²) >= 11 is 7.67. The molecule has 1 saturated heterocycles. The first-order chi connectivity index (χ1) is 9.58. The molecule has 1 atom stereocenters. The summed E-state index contributed by atoms with van der Waals surface area (Å²) in [5.74, 6) is 0.0211. The minimum atomic E-state index is -0.486. The van der Waals surface area contributed by atoms with Crippen LogP contribution in [-0.2, 0) is 14.3 Å². The third-order valence-electron chi connectivity index (χ3n) is 3.53. The molecule has 0 aliphatic carbocycles. The molecule has 0 radical (unpaired) electrons. The Bertz CT molecular complexity index is 441. The minimum absolute atomic E-state index is 0. The Kier molecular flexibility index (Phi) is 7.33. The lowest BCUT2D eigenvalue weighted by atomic mass is 10.1. The monoisotopic (exact) mass is 354 g/mol. The molecule has 2 heterocycles. The van der Waals surface area contributed by atoms with E-state index in [1.165, 1.54) is 4.90 Å². The van der Waals surface area contributed by atoms with Crippen LogP contribution in [-0.4, -0.2) is 59.0 Å². The Morgan fingerprint density at radius 3 is 2.71 bits per heavy atom. The van der Waals surface area contributed by atoms with Crippen molar-refractivity contribution >= 4 is 47.6 Å². The van der Waals surface area contributed by atoms with E-state index >= 15 is 0 Å². The zero-order valence-electron chi connectivity index (χ0n) is 12.1. The van der Waals surface area contributed by atoms with E-state index in [-0.39, 0.29) is 29.4 Å². The number of esters is 1. The fraction of sp³-hybridized carbons (Fsp3) is 0.692. The highest BCUT2D eigenvalue weighted by Gasteiger charge is 2.45. The molecule has 0 spiro atoms. The number of nitrogens with zero attached hydrogens (tertiary/aromatic N) is 2. The van der Waals surface area contributed by atoms with E-state index in [4.69, 9.17) is 16.3 Å². The molecule has 0 aromatic carbocycles. The van der Waals surface area contributed by atoms with Gasteiger partial charge in [0, 0.05) is 12.3 Å². The van der Waals surface area contributed by atoms with Gasteiger partial charge in [-0.25, -0.2) is 4.79 Å². The van der Waals surface area contributed by atoms with Crippen molar-refractivity contribution in [2.75, 3.05) is 32.0 Å². The maximum Gasteiger partial charge on any atom is 0.356 e. The van der Waals surface area contributed by atoms with E-state index in [0.717, 1.165) is 13.1 Å². The Hall–Kier alpha value is -0.430. The summed E-state index contributed by atoms with van der Waals surface area (Å²) in [6.07, 6.45) is 0.477. The van der Waals surface area contributed by atoms with Gasteiger partial charge in [-0.2, -0.15) is 0 Å². The van der Waals surface area contributed by atoms with Crippen molar-refractivity contribution in [2.45, 2.75) is 25.6 Å². The molecule has 1 unspecified atom stereocenters. The first-order valence-electron chi connectivity index (χ1n) is 6.80. The molecule has 0 bridgehead atoms. The summed E-state index contributed by atoms with van der Waals surface area (Å²) in [7, 11) is 0. The second kappa shape index (κ2) is 8.27. The zero-order valence-corrected chi connectivity index (χ0v) is 14.5. The van der Waals surface area contributed by atoms with Crippen LogP contribution in [0.3, 0.4) is 0 Å². The van der Waals surface area contributed by atoms with Crippen molar-refractivity contribution in [1.29, 1.82) is 0 Å². The number of ether oxygens (including phenoxy) is 1. The number of β-lactam (4-membered cyclic amide) rings is 1. The highest BCUT2D eigenvalue weighted by molar-refractivity contribution is 8.00. The Morgan fingerprint density at radius 1 is 1.48 bits per heavy atom. The predicted molar refractivity (Wildman–Crippen MR) is 86.6 cm³/mol. The van der Waals surface area contributed by atoms with E-state index < -0.39 is 5.97 Å². The largest absolute Gasteiger partial charge is 0.460 e. The van der Waals surface area contributed by atoms with Crippen molar-refractivity contribution < 1.29 is 14.3 Å². The number of carbonyl (C=O) groups is 2. The van der Waals surface area contributed by atoms with Gasteiger partial charge in [0.25, 0.3) is 0 Å². The number of halogens is 2. The smallest absolute Gasteiger partial charge is 0.356 e. The van der Waals surface area contributed by atoms with Crippen LogP contribution < -0.4 is 0 Å². The third kappa shape index (κ3) is 4.06. The maximum absolute atomic E-state index is 12.1. The number of carbonyl (C=O) groups excluding carboxylic acids is 2. The van der Waals surface area contributed by atoms with Crippen LogP contribution in [0.2, 0.25) is 0 Å². The predicted octanol–water partition coefficient (Wildman–Crippen LogP) is 2.05. The van der Waals surface area contributed by atoms with Gasteiger partial charge >= 0.3 is 5.97 Å². The number of amides is 1. The van der Waals surface area contributed by atoms with Crippen LogP contribution in [0.4, 0.5) is 0 Å². The van der Waals surface area contributed by atoms with Gasteiger partial charge in [-0.3, -0.25) is 9.69 Å². The molecular formula is C13H20Cl2N2O3S. The summed E-state index contributed by atoms with van der Waals surface area (Å²) in [5, 5.41) is 0.461. The second-order valence-corrected chi connectivity index (χ2v) is 6.27. The molecule has 1 amide bonds. The highest BCUT2D eigenvalue weighted by Crippen LogP contribution is 2.41. The number of likely N-dealkylation sites (N-methyl/N-ethyl adjacent to an activating group) is 1. The molecule has 0 aromatic rings. The maximum atomic E-state index is 12.1. The molecule has 0 saturated carbocycles. The average Bonchev–Trinajstić information content (AvgIpc) is 2.44. The number of hydrogen-bond acceptors (Lipinski definition) is 5. The van der Waals surface area contributed by atoms with Crippen molar-refractivity contribution in [3.8, 4) is 0 Å². The van der Waals surface area contributed by atoms with Crippen molar-refractivity contribution in [1.82, 2.24) is 9.80 Å². The molecule has 8 heteroatoms. The van der Waals surface area contributed by atoms with E-state index in [9.17, 15) is 9.59 Å². The summed E-state index contributed by atoms with van der Waals surface area (Å²) in [4.78, 5) is 27.4. The topological polar surface area (TPSA) is 49.9 Å². The van der Waals surface area contributed by atoms with Crippen molar-refractivity contribution in [3.63, 3.8) is 0 Å². The Morgan fingerprint density at radius 2 is 2.14 bits per heavy atom. The first-order valence-corrected chi connectivity index (χ1v) is 8.22. The normalized spacial score (nSPS) is 20.9. The van der Waals surface area contributed by atoms with Gasteiger partial charge in [0.2, 0.25) is 5.91 Å². The van der Waals surface area contributed by atoms with Gasteiger partial charge in [0.1, 0.15) is 12.3 Å². The average molecular weight is 355 g/mol. The summed E-state index contributed by atoms with van der Waals surface area (Å²) in [6, 6.07) is 0. The van der Waals surface area contributed by atoms with E-state index in [2.05, 4.69) is 18.7 Å². The van der Waals surface area contributed by atoms with E-state index in [0.29, 0.717) is 30.4 Å². The number of hydrogen-bond donors (Lipinski definition) is 0. The molecule has 5 nitrogen and oxygen atoms in total. The number of fused-ring (bicyclic) bond motifs is 1. The van der Waals surface area contributed by atoms with Crippen LogP contribution in [0, 0.1) is 0 Å². The minimum Gasteiger partial charge on any atom is -0.460 e. The fourth-order valence-corrected chi connectivity index (χ4v) is 3.71. The molecule has 2 rings (SSSR count). The molecule has 0 aromatic heterocycles. The Balaban J connectivity index is 0.00000220. The van der Waals surface area contributed by atoms with Crippen molar-refractivity contribution in [3.05, 3.63) is 10.7 Å². The van der Waals surface area contributed by atoms with Gasteiger partial charge in [-0.05, 0) is 13.1 Å². The standard InChI is InChI=1S/C13H19ClN2O3S.ClH/c1-3-15(4-2)5-6-19-13(18)12-9(14)8-20-11-7-10(17)16(11)12;/h11H,3-8H2,1-2H3;1H. The second-order valence-electron chi connectivity index (χ2n) is 4.65.